The van der Waals surface area contributed by atoms with Gasteiger partial charge in [0.1, 0.15) is 11.5 Å². The molecule has 0 aliphatic heterocycles. The van der Waals surface area contributed by atoms with E-state index in [1.165, 1.54) is 12.0 Å². The lowest BCUT2D eigenvalue weighted by atomic mass is 10.2. The average Bonchev–Trinajstić information content (AvgIpc) is 2.61. The van der Waals surface area contributed by atoms with E-state index in [9.17, 15) is 9.59 Å². The van der Waals surface area contributed by atoms with Crippen LogP contribution in [0, 0.1) is 0 Å². The number of likely N-dealkylation sites (N-methyl/N-ethyl adjacent to an activating group) is 1. The first-order valence-corrected chi connectivity index (χ1v) is 7.37. The number of carbonyl (C=O) groups excluding carboxylic acids is 2. The highest BCUT2D eigenvalue weighted by Gasteiger charge is 2.15. The smallest absolute Gasteiger partial charge is 0.254 e. The maximum atomic E-state index is 12.4. The van der Waals surface area contributed by atoms with Gasteiger partial charge in [0.25, 0.3) is 5.91 Å². The van der Waals surface area contributed by atoms with Crippen LogP contribution in [0.1, 0.15) is 10.4 Å². The van der Waals surface area contributed by atoms with Crippen LogP contribution >= 0.6 is 0 Å². The van der Waals surface area contributed by atoms with E-state index in [0.717, 1.165) is 0 Å². The molecule has 6 heteroatoms. The molecule has 0 saturated heterocycles. The molecule has 0 bridgehead atoms. The van der Waals surface area contributed by atoms with E-state index in [1.807, 2.05) is 0 Å². The summed E-state index contributed by atoms with van der Waals surface area (Å²) in [4.78, 5) is 25.8. The number of amides is 2. The number of rotatable bonds is 6. The van der Waals surface area contributed by atoms with E-state index >= 15 is 0 Å². The highest BCUT2D eigenvalue weighted by molar-refractivity contribution is 5.99. The zero-order valence-corrected chi connectivity index (χ0v) is 13.9. The highest BCUT2D eigenvalue weighted by Crippen LogP contribution is 2.16. The van der Waals surface area contributed by atoms with Crippen LogP contribution in [-0.2, 0) is 4.79 Å². The number of anilines is 1. The van der Waals surface area contributed by atoms with Crippen LogP contribution in [0.5, 0.6) is 11.5 Å². The largest absolute Gasteiger partial charge is 0.497 e. The highest BCUT2D eigenvalue weighted by atomic mass is 16.5. The molecule has 2 rings (SSSR count). The Morgan fingerprint density at radius 3 is 2.29 bits per heavy atom. The Labute approximate surface area is 141 Å². The molecule has 24 heavy (non-hydrogen) atoms. The van der Waals surface area contributed by atoms with Gasteiger partial charge >= 0.3 is 0 Å². The van der Waals surface area contributed by atoms with Gasteiger partial charge in [0.15, 0.2) is 0 Å². The number of benzene rings is 2. The molecule has 126 valence electrons. The summed E-state index contributed by atoms with van der Waals surface area (Å²) < 4.78 is 10.2. The molecule has 0 spiro atoms. The monoisotopic (exact) mass is 328 g/mol. The quantitative estimate of drug-likeness (QED) is 0.884. The Morgan fingerprint density at radius 1 is 1.00 bits per heavy atom. The van der Waals surface area contributed by atoms with Crippen molar-refractivity contribution in [1.29, 1.82) is 0 Å². The van der Waals surface area contributed by atoms with Crippen LogP contribution in [0.15, 0.2) is 48.5 Å². The van der Waals surface area contributed by atoms with Gasteiger partial charge < -0.3 is 19.7 Å². The Hall–Kier alpha value is -3.02. The van der Waals surface area contributed by atoms with Crippen molar-refractivity contribution in [3.05, 3.63) is 54.1 Å². The van der Waals surface area contributed by atoms with Crippen LogP contribution in [0.4, 0.5) is 5.69 Å². The number of ether oxygens (including phenoxy) is 2. The minimum absolute atomic E-state index is 0.0535. The van der Waals surface area contributed by atoms with Gasteiger partial charge in [0, 0.05) is 18.3 Å². The zero-order valence-electron chi connectivity index (χ0n) is 13.9. The lowest BCUT2D eigenvalue weighted by Gasteiger charge is -2.17. The van der Waals surface area contributed by atoms with Crippen molar-refractivity contribution in [2.75, 3.05) is 33.1 Å². The summed E-state index contributed by atoms with van der Waals surface area (Å²) in [6.45, 7) is -0.0535. The summed E-state index contributed by atoms with van der Waals surface area (Å²) in [6.07, 6.45) is 0. The molecule has 0 unspecified atom stereocenters. The fraction of sp³-hybridized carbons (Fsp3) is 0.222. The molecule has 0 saturated carbocycles. The molecule has 0 aromatic heterocycles. The lowest BCUT2D eigenvalue weighted by molar-refractivity contribution is -0.116. The van der Waals surface area contributed by atoms with E-state index < -0.39 is 0 Å². The SMILES string of the molecule is COc1ccc(NC(=O)CN(C)C(=O)c2cccc(OC)c2)cc1. The molecule has 0 atom stereocenters. The topological polar surface area (TPSA) is 67.9 Å². The number of nitrogens with one attached hydrogen (secondary N) is 1. The van der Waals surface area contributed by atoms with Crippen molar-refractivity contribution in [1.82, 2.24) is 4.90 Å². The first kappa shape index (κ1) is 17.3. The van der Waals surface area contributed by atoms with Crippen molar-refractivity contribution in [3.63, 3.8) is 0 Å². The Bertz CT molecular complexity index is 713. The van der Waals surface area contributed by atoms with Crippen LogP contribution in [0.25, 0.3) is 0 Å². The fourth-order valence-corrected chi connectivity index (χ4v) is 2.14. The van der Waals surface area contributed by atoms with Gasteiger partial charge in [-0.25, -0.2) is 0 Å². The predicted molar refractivity (Wildman–Crippen MR) is 91.6 cm³/mol. The molecule has 0 aliphatic rings. The minimum atomic E-state index is -0.279. The van der Waals surface area contributed by atoms with Crippen molar-refractivity contribution >= 4 is 17.5 Å². The van der Waals surface area contributed by atoms with Gasteiger partial charge in [-0.2, -0.15) is 0 Å². The number of hydrogen-bond donors (Lipinski definition) is 1. The molecule has 1 N–H and O–H groups in total. The summed E-state index contributed by atoms with van der Waals surface area (Å²) in [5.41, 5.74) is 1.11. The summed E-state index contributed by atoms with van der Waals surface area (Å²) in [7, 11) is 4.69. The molecule has 2 aromatic rings. The second-order valence-corrected chi connectivity index (χ2v) is 5.17. The van der Waals surface area contributed by atoms with E-state index in [1.54, 1.807) is 62.7 Å². The van der Waals surface area contributed by atoms with Crippen LogP contribution in [0.3, 0.4) is 0 Å². The lowest BCUT2D eigenvalue weighted by Crippen LogP contribution is -2.34. The Balaban J connectivity index is 1.95. The van der Waals surface area contributed by atoms with Crippen LogP contribution < -0.4 is 14.8 Å². The molecule has 0 heterocycles. The number of carbonyl (C=O) groups is 2. The first-order chi connectivity index (χ1) is 11.5. The van der Waals surface area contributed by atoms with E-state index in [-0.39, 0.29) is 18.4 Å². The van der Waals surface area contributed by atoms with Gasteiger partial charge in [-0.15, -0.1) is 0 Å². The normalized spacial score (nSPS) is 9.96. The molecule has 2 amide bonds. The molecular formula is C18H20N2O4. The third kappa shape index (κ3) is 4.49. The maximum absolute atomic E-state index is 12.4. The first-order valence-electron chi connectivity index (χ1n) is 7.37. The zero-order chi connectivity index (χ0) is 17.5. The number of hydrogen-bond acceptors (Lipinski definition) is 4. The fourth-order valence-electron chi connectivity index (χ4n) is 2.14. The van der Waals surface area contributed by atoms with Gasteiger partial charge in [0.2, 0.25) is 5.91 Å². The van der Waals surface area contributed by atoms with E-state index in [4.69, 9.17) is 9.47 Å². The second kappa shape index (κ2) is 8.01. The molecular weight excluding hydrogens is 308 g/mol. The molecule has 0 radical (unpaired) electrons. The van der Waals surface area contributed by atoms with Crippen LogP contribution in [0.2, 0.25) is 0 Å². The van der Waals surface area contributed by atoms with Crippen molar-refractivity contribution < 1.29 is 19.1 Å². The number of methoxy groups -OCH3 is 2. The molecule has 6 nitrogen and oxygen atoms in total. The van der Waals surface area contributed by atoms with Gasteiger partial charge in [-0.3, -0.25) is 9.59 Å². The molecule has 0 fully saturated rings. The van der Waals surface area contributed by atoms with Crippen molar-refractivity contribution in [2.45, 2.75) is 0 Å². The van der Waals surface area contributed by atoms with E-state index in [2.05, 4.69) is 5.32 Å². The summed E-state index contributed by atoms with van der Waals surface area (Å²) in [5.74, 6) is 0.771. The van der Waals surface area contributed by atoms with E-state index in [0.29, 0.717) is 22.7 Å². The summed E-state index contributed by atoms with van der Waals surface area (Å²) in [5, 5.41) is 2.74. The maximum Gasteiger partial charge on any atom is 0.254 e. The van der Waals surface area contributed by atoms with Gasteiger partial charge in [-0.1, -0.05) is 6.07 Å². The third-order valence-corrected chi connectivity index (χ3v) is 3.42. The Morgan fingerprint density at radius 2 is 1.67 bits per heavy atom. The second-order valence-electron chi connectivity index (χ2n) is 5.17. The summed E-state index contributed by atoms with van der Waals surface area (Å²) in [6, 6.07) is 13.8. The predicted octanol–water partition coefficient (Wildman–Crippen LogP) is 2.41. The van der Waals surface area contributed by atoms with Crippen molar-refractivity contribution in [3.8, 4) is 11.5 Å². The van der Waals surface area contributed by atoms with Gasteiger partial charge in [0.05, 0.1) is 20.8 Å². The van der Waals surface area contributed by atoms with Crippen LogP contribution in [-0.4, -0.2) is 44.5 Å². The standard InChI is InChI=1S/C18H20N2O4/c1-20(18(22)13-5-4-6-16(11-13)24-3)12-17(21)19-14-7-9-15(23-2)10-8-14/h4-11H,12H2,1-3H3,(H,19,21). The van der Waals surface area contributed by atoms with Crippen molar-refractivity contribution in [2.24, 2.45) is 0 Å². The van der Waals surface area contributed by atoms with Gasteiger partial charge in [-0.05, 0) is 42.5 Å². The third-order valence-electron chi connectivity index (χ3n) is 3.42. The molecule has 0 aliphatic carbocycles. The molecule has 2 aromatic carbocycles. The minimum Gasteiger partial charge on any atom is -0.497 e. The average molecular weight is 328 g/mol. The number of nitrogens with zero attached hydrogens (tertiary/aromatic N) is 1. The summed E-state index contributed by atoms with van der Waals surface area (Å²) >= 11 is 0. The Kier molecular flexibility index (Phi) is 5.78.